The van der Waals surface area contributed by atoms with Gasteiger partial charge in [-0.2, -0.15) is 5.26 Å². The lowest BCUT2D eigenvalue weighted by atomic mass is 10.0. The number of hydrogen-bond donors (Lipinski definition) is 0. The van der Waals surface area contributed by atoms with E-state index in [4.69, 9.17) is 5.26 Å². The molecule has 0 saturated carbocycles. The van der Waals surface area contributed by atoms with Crippen molar-refractivity contribution >= 4 is 11.5 Å². The third kappa shape index (κ3) is 1.75. The Morgan fingerprint density at radius 3 is 2.64 bits per heavy atom. The number of hydrogen-bond acceptors (Lipinski definition) is 4. The van der Waals surface area contributed by atoms with E-state index in [1.807, 2.05) is 0 Å². The van der Waals surface area contributed by atoms with Crippen molar-refractivity contribution in [2.75, 3.05) is 0 Å². The predicted molar refractivity (Wildman–Crippen MR) is 47.8 cm³/mol. The second-order valence-corrected chi connectivity index (χ2v) is 2.65. The monoisotopic (exact) mass is 190 g/mol. The molecule has 0 saturated heterocycles. The van der Waals surface area contributed by atoms with Crippen molar-refractivity contribution in [1.29, 1.82) is 5.26 Å². The van der Waals surface area contributed by atoms with Gasteiger partial charge in [0.15, 0.2) is 5.78 Å². The van der Waals surface area contributed by atoms with E-state index in [2.05, 4.69) is 0 Å². The molecule has 14 heavy (non-hydrogen) atoms. The largest absolute Gasteiger partial charge is 0.294 e. The molecule has 5 heteroatoms. The number of nitro benzene ring substituents is 1. The lowest BCUT2D eigenvalue weighted by Gasteiger charge is -1.98. The highest BCUT2D eigenvalue weighted by molar-refractivity contribution is 5.97. The van der Waals surface area contributed by atoms with Crippen LogP contribution in [0.3, 0.4) is 0 Å². The number of non-ortho nitro benzene ring substituents is 1. The zero-order chi connectivity index (χ0) is 10.7. The van der Waals surface area contributed by atoms with Gasteiger partial charge in [-0.05, 0) is 13.0 Å². The summed E-state index contributed by atoms with van der Waals surface area (Å²) in [5.74, 6) is -0.356. The summed E-state index contributed by atoms with van der Waals surface area (Å²) >= 11 is 0. The summed E-state index contributed by atoms with van der Waals surface area (Å²) in [6, 6.07) is 5.38. The Morgan fingerprint density at radius 2 is 2.21 bits per heavy atom. The van der Waals surface area contributed by atoms with Crippen LogP contribution in [0, 0.1) is 21.4 Å². The minimum atomic E-state index is -0.604. The van der Waals surface area contributed by atoms with Crippen molar-refractivity contribution in [3.63, 3.8) is 0 Å². The average molecular weight is 190 g/mol. The SMILES string of the molecule is CC(=O)c1cc([N+](=O)[O-])ccc1C#N. The molecular formula is C9H6N2O3. The van der Waals surface area contributed by atoms with Gasteiger partial charge in [-0.25, -0.2) is 0 Å². The summed E-state index contributed by atoms with van der Waals surface area (Å²) in [5, 5.41) is 19.0. The maximum Gasteiger partial charge on any atom is 0.270 e. The van der Waals surface area contributed by atoms with Gasteiger partial charge in [-0.1, -0.05) is 0 Å². The summed E-state index contributed by atoms with van der Waals surface area (Å²) in [6.45, 7) is 1.26. The molecule has 0 spiro atoms. The normalized spacial score (nSPS) is 9.14. The minimum Gasteiger partial charge on any atom is -0.294 e. The molecule has 5 nitrogen and oxygen atoms in total. The van der Waals surface area contributed by atoms with Gasteiger partial charge in [-0.3, -0.25) is 14.9 Å². The zero-order valence-electron chi connectivity index (χ0n) is 7.35. The van der Waals surface area contributed by atoms with Crippen LogP contribution in [0.4, 0.5) is 5.69 Å². The Kier molecular flexibility index (Phi) is 2.58. The van der Waals surface area contributed by atoms with Gasteiger partial charge in [-0.15, -0.1) is 0 Å². The molecule has 0 aromatic heterocycles. The fraction of sp³-hybridized carbons (Fsp3) is 0.111. The van der Waals surface area contributed by atoms with Crippen molar-refractivity contribution in [2.45, 2.75) is 6.92 Å². The Morgan fingerprint density at radius 1 is 1.57 bits per heavy atom. The van der Waals surface area contributed by atoms with E-state index in [9.17, 15) is 14.9 Å². The molecule has 1 aromatic rings. The van der Waals surface area contributed by atoms with Crippen LogP contribution >= 0.6 is 0 Å². The number of Topliss-reactive ketones (excluding diaryl/α,β-unsaturated/α-hetero) is 1. The Hall–Kier alpha value is -2.22. The highest BCUT2D eigenvalue weighted by Gasteiger charge is 2.13. The number of ketones is 1. The number of benzene rings is 1. The highest BCUT2D eigenvalue weighted by Crippen LogP contribution is 2.17. The molecule has 0 radical (unpaired) electrons. The molecule has 0 unspecified atom stereocenters. The third-order valence-electron chi connectivity index (χ3n) is 1.71. The summed E-state index contributed by atoms with van der Waals surface area (Å²) in [5.41, 5.74) is 0.0546. The van der Waals surface area contributed by atoms with Crippen LogP contribution in [0.15, 0.2) is 18.2 Å². The number of nitro groups is 1. The highest BCUT2D eigenvalue weighted by atomic mass is 16.6. The summed E-state index contributed by atoms with van der Waals surface area (Å²) in [7, 11) is 0. The number of rotatable bonds is 2. The van der Waals surface area contributed by atoms with Crippen molar-refractivity contribution in [2.24, 2.45) is 0 Å². The van der Waals surface area contributed by atoms with Crippen molar-refractivity contribution < 1.29 is 9.72 Å². The summed E-state index contributed by atoms with van der Waals surface area (Å²) < 4.78 is 0. The van der Waals surface area contributed by atoms with Crippen LogP contribution in [-0.2, 0) is 0 Å². The van der Waals surface area contributed by atoms with E-state index in [1.165, 1.54) is 19.1 Å². The van der Waals surface area contributed by atoms with Gasteiger partial charge in [0.25, 0.3) is 5.69 Å². The van der Waals surface area contributed by atoms with Crippen LogP contribution in [0.1, 0.15) is 22.8 Å². The standard InChI is InChI=1S/C9H6N2O3/c1-6(12)9-4-8(11(13)14)3-2-7(9)5-10/h2-4H,1H3. The number of nitrogens with zero attached hydrogens (tertiary/aromatic N) is 2. The molecule has 0 fully saturated rings. The second-order valence-electron chi connectivity index (χ2n) is 2.65. The first kappa shape index (κ1) is 9.86. The number of carbonyl (C=O) groups is 1. The molecular weight excluding hydrogens is 184 g/mol. The third-order valence-corrected chi connectivity index (χ3v) is 1.71. The van der Waals surface area contributed by atoms with E-state index < -0.39 is 4.92 Å². The fourth-order valence-electron chi connectivity index (χ4n) is 1.03. The van der Waals surface area contributed by atoms with Crippen LogP contribution in [0.2, 0.25) is 0 Å². The second kappa shape index (κ2) is 3.66. The van der Waals surface area contributed by atoms with Gasteiger partial charge >= 0.3 is 0 Å². The van der Waals surface area contributed by atoms with Gasteiger partial charge < -0.3 is 0 Å². The van der Waals surface area contributed by atoms with Gasteiger partial charge in [0, 0.05) is 17.7 Å². The topological polar surface area (TPSA) is 84.0 Å². The molecule has 0 N–H and O–H groups in total. The Labute approximate surface area is 79.7 Å². The first-order valence-electron chi connectivity index (χ1n) is 3.75. The van der Waals surface area contributed by atoms with Crippen molar-refractivity contribution in [3.05, 3.63) is 39.4 Å². The molecule has 0 bridgehead atoms. The number of nitriles is 1. The van der Waals surface area contributed by atoms with E-state index in [0.29, 0.717) is 0 Å². The Balaban J connectivity index is 3.37. The molecule has 0 aliphatic carbocycles. The molecule has 0 aliphatic rings. The van der Waals surface area contributed by atoms with Crippen LogP contribution in [-0.4, -0.2) is 10.7 Å². The molecule has 0 atom stereocenters. The molecule has 0 heterocycles. The lowest BCUT2D eigenvalue weighted by molar-refractivity contribution is -0.384. The molecule has 0 aliphatic heterocycles. The van der Waals surface area contributed by atoms with Gasteiger partial charge in [0.2, 0.25) is 0 Å². The van der Waals surface area contributed by atoms with E-state index in [0.717, 1.165) is 6.07 Å². The van der Waals surface area contributed by atoms with Crippen LogP contribution in [0.5, 0.6) is 0 Å². The van der Waals surface area contributed by atoms with E-state index in [-0.39, 0.29) is 22.6 Å². The smallest absolute Gasteiger partial charge is 0.270 e. The maximum atomic E-state index is 11.0. The van der Waals surface area contributed by atoms with Gasteiger partial charge in [0.1, 0.15) is 0 Å². The van der Waals surface area contributed by atoms with Crippen LogP contribution in [0.25, 0.3) is 0 Å². The first-order valence-corrected chi connectivity index (χ1v) is 3.75. The summed E-state index contributed by atoms with van der Waals surface area (Å²) in [4.78, 5) is 20.8. The van der Waals surface area contributed by atoms with Crippen LogP contribution < -0.4 is 0 Å². The van der Waals surface area contributed by atoms with Gasteiger partial charge in [0.05, 0.1) is 16.6 Å². The number of carbonyl (C=O) groups excluding carboxylic acids is 1. The molecule has 0 amide bonds. The van der Waals surface area contributed by atoms with Crippen molar-refractivity contribution in [1.82, 2.24) is 0 Å². The Bertz CT molecular complexity index is 446. The lowest BCUT2D eigenvalue weighted by Crippen LogP contribution is -1.98. The molecule has 1 rings (SSSR count). The average Bonchev–Trinajstić information content (AvgIpc) is 2.16. The first-order chi connectivity index (χ1) is 6.56. The predicted octanol–water partition coefficient (Wildman–Crippen LogP) is 1.67. The minimum absolute atomic E-state index is 0.0849. The maximum absolute atomic E-state index is 11.0. The zero-order valence-corrected chi connectivity index (χ0v) is 7.35. The van der Waals surface area contributed by atoms with Crippen molar-refractivity contribution in [3.8, 4) is 6.07 Å². The molecule has 1 aromatic carbocycles. The summed E-state index contributed by atoms with van der Waals surface area (Å²) in [6.07, 6.45) is 0. The fourth-order valence-corrected chi connectivity index (χ4v) is 1.03. The van der Waals surface area contributed by atoms with E-state index >= 15 is 0 Å². The quantitative estimate of drug-likeness (QED) is 0.403. The van der Waals surface area contributed by atoms with E-state index in [1.54, 1.807) is 6.07 Å². The molecule has 70 valence electrons.